The molecule has 0 aliphatic carbocycles. The Morgan fingerprint density at radius 1 is 1.45 bits per heavy atom. The van der Waals surface area contributed by atoms with Gasteiger partial charge in [0.25, 0.3) is 0 Å². The first-order chi connectivity index (χ1) is 10.6. The molecule has 0 amide bonds. The molecule has 1 aliphatic rings. The molecule has 0 saturated carbocycles. The predicted molar refractivity (Wildman–Crippen MR) is 88.5 cm³/mol. The fraction of sp³-hybridized carbons (Fsp3) is 0.647. The van der Waals surface area contributed by atoms with Crippen LogP contribution >= 0.6 is 11.6 Å². The van der Waals surface area contributed by atoms with Crippen LogP contribution in [-0.4, -0.2) is 37.1 Å². The van der Waals surface area contributed by atoms with E-state index in [4.69, 9.17) is 21.1 Å². The zero-order valence-electron chi connectivity index (χ0n) is 13.3. The fourth-order valence-electron chi connectivity index (χ4n) is 2.38. The third kappa shape index (κ3) is 5.43. The summed E-state index contributed by atoms with van der Waals surface area (Å²) in [7, 11) is 0. The largest absolute Gasteiger partial charge is 0.491 e. The molecule has 2 N–H and O–H groups in total. The molecule has 22 heavy (non-hydrogen) atoms. The molecule has 1 aromatic carbocycles. The number of hydrogen-bond donors (Lipinski definition) is 2. The highest BCUT2D eigenvalue weighted by atomic mass is 35.5. The number of nitrogens with one attached hydrogen (secondary N) is 1. The van der Waals surface area contributed by atoms with Gasteiger partial charge in [-0.05, 0) is 37.0 Å². The lowest BCUT2D eigenvalue weighted by Gasteiger charge is -2.17. The van der Waals surface area contributed by atoms with E-state index < -0.39 is 0 Å². The lowest BCUT2D eigenvalue weighted by atomic mass is 10.1. The quantitative estimate of drug-likeness (QED) is 0.770. The topological polar surface area (TPSA) is 50.7 Å². The maximum absolute atomic E-state index is 9.84. The molecule has 5 heteroatoms. The molecule has 0 aromatic heterocycles. The summed E-state index contributed by atoms with van der Waals surface area (Å²) in [4.78, 5) is 0. The van der Waals surface area contributed by atoms with E-state index in [-0.39, 0.29) is 18.1 Å². The van der Waals surface area contributed by atoms with E-state index in [1.807, 2.05) is 32.0 Å². The maximum Gasteiger partial charge on any atom is 0.124 e. The Balaban J connectivity index is 1.88. The Bertz CT molecular complexity index is 461. The Morgan fingerprint density at radius 3 is 2.95 bits per heavy atom. The van der Waals surface area contributed by atoms with Crippen LogP contribution in [0.5, 0.6) is 5.75 Å². The molecule has 2 unspecified atom stereocenters. The number of hydrogen-bond acceptors (Lipinski definition) is 4. The van der Waals surface area contributed by atoms with Crippen LogP contribution in [0.15, 0.2) is 18.2 Å². The van der Waals surface area contributed by atoms with E-state index in [0.29, 0.717) is 24.7 Å². The molecule has 1 aliphatic heterocycles. The fourth-order valence-corrected chi connectivity index (χ4v) is 2.57. The van der Waals surface area contributed by atoms with Gasteiger partial charge in [0.05, 0.1) is 12.2 Å². The average Bonchev–Trinajstić information content (AvgIpc) is 2.99. The molecule has 0 spiro atoms. The van der Waals surface area contributed by atoms with Crippen molar-refractivity contribution in [2.45, 2.75) is 45.4 Å². The van der Waals surface area contributed by atoms with Crippen molar-refractivity contribution in [2.24, 2.45) is 5.92 Å². The van der Waals surface area contributed by atoms with Crippen molar-refractivity contribution in [3.05, 3.63) is 28.8 Å². The molecule has 1 fully saturated rings. The van der Waals surface area contributed by atoms with Gasteiger partial charge in [0.2, 0.25) is 0 Å². The van der Waals surface area contributed by atoms with Gasteiger partial charge in [-0.3, -0.25) is 0 Å². The Hall–Kier alpha value is -0.810. The van der Waals surface area contributed by atoms with Crippen LogP contribution in [0.25, 0.3) is 0 Å². The van der Waals surface area contributed by atoms with Crippen LogP contribution in [0, 0.1) is 5.92 Å². The van der Waals surface area contributed by atoms with E-state index in [2.05, 4.69) is 5.32 Å². The number of ether oxygens (including phenoxy) is 2. The normalized spacial score (nSPS) is 19.6. The van der Waals surface area contributed by atoms with E-state index in [1.54, 1.807) is 0 Å². The highest BCUT2D eigenvalue weighted by molar-refractivity contribution is 6.30. The minimum atomic E-state index is -0.351. The first-order valence-corrected chi connectivity index (χ1v) is 8.35. The van der Waals surface area contributed by atoms with Gasteiger partial charge in [0.15, 0.2) is 0 Å². The standard InChI is InChI=1S/C17H26ClNO3/c1-12(2)16(20)10-19-9-13-8-14(18)5-6-17(13)22-11-15-4-3-7-21-15/h5-6,8,12,15-16,19-20H,3-4,7,9-11H2,1-2H3. The minimum Gasteiger partial charge on any atom is -0.491 e. The Labute approximate surface area is 137 Å². The van der Waals surface area contributed by atoms with Crippen molar-refractivity contribution >= 4 is 11.6 Å². The van der Waals surface area contributed by atoms with Crippen molar-refractivity contribution in [2.75, 3.05) is 19.8 Å². The van der Waals surface area contributed by atoms with Gasteiger partial charge in [0, 0.05) is 30.3 Å². The highest BCUT2D eigenvalue weighted by Crippen LogP contribution is 2.24. The van der Waals surface area contributed by atoms with Crippen molar-refractivity contribution < 1.29 is 14.6 Å². The van der Waals surface area contributed by atoms with E-state index in [0.717, 1.165) is 30.8 Å². The van der Waals surface area contributed by atoms with Gasteiger partial charge < -0.3 is 19.9 Å². The van der Waals surface area contributed by atoms with Crippen LogP contribution in [-0.2, 0) is 11.3 Å². The number of benzene rings is 1. The first-order valence-electron chi connectivity index (χ1n) is 7.98. The molecule has 124 valence electrons. The van der Waals surface area contributed by atoms with Crippen molar-refractivity contribution in [1.82, 2.24) is 5.32 Å². The van der Waals surface area contributed by atoms with E-state index in [9.17, 15) is 5.11 Å². The second-order valence-corrected chi connectivity index (χ2v) is 6.58. The molecule has 4 nitrogen and oxygen atoms in total. The second-order valence-electron chi connectivity index (χ2n) is 6.14. The number of aliphatic hydroxyl groups excluding tert-OH is 1. The molecule has 2 rings (SSSR count). The molecular weight excluding hydrogens is 302 g/mol. The highest BCUT2D eigenvalue weighted by Gasteiger charge is 2.17. The van der Waals surface area contributed by atoms with Crippen molar-refractivity contribution in [3.8, 4) is 5.75 Å². The number of halogens is 1. The predicted octanol–water partition coefficient (Wildman–Crippen LogP) is 3.00. The summed E-state index contributed by atoms with van der Waals surface area (Å²) in [6, 6.07) is 5.63. The molecular formula is C17H26ClNO3. The summed E-state index contributed by atoms with van der Waals surface area (Å²) >= 11 is 6.08. The van der Waals surface area contributed by atoms with Gasteiger partial charge in [-0.15, -0.1) is 0 Å². The average molecular weight is 328 g/mol. The van der Waals surface area contributed by atoms with Crippen LogP contribution in [0.3, 0.4) is 0 Å². The third-order valence-corrected chi connectivity index (χ3v) is 4.14. The molecule has 2 atom stereocenters. The lowest BCUT2D eigenvalue weighted by molar-refractivity contribution is 0.0675. The second kappa shape index (κ2) is 8.73. The van der Waals surface area contributed by atoms with Crippen LogP contribution in [0.1, 0.15) is 32.3 Å². The smallest absolute Gasteiger partial charge is 0.124 e. The van der Waals surface area contributed by atoms with Crippen molar-refractivity contribution in [1.29, 1.82) is 0 Å². The zero-order valence-corrected chi connectivity index (χ0v) is 14.1. The Morgan fingerprint density at radius 2 is 2.27 bits per heavy atom. The summed E-state index contributed by atoms with van der Waals surface area (Å²) in [5.41, 5.74) is 1.00. The van der Waals surface area contributed by atoms with Gasteiger partial charge >= 0.3 is 0 Å². The summed E-state index contributed by atoms with van der Waals surface area (Å²) in [5.74, 6) is 1.06. The molecule has 1 heterocycles. The summed E-state index contributed by atoms with van der Waals surface area (Å²) in [6.07, 6.45) is 2.01. The van der Waals surface area contributed by atoms with Gasteiger partial charge in [0.1, 0.15) is 12.4 Å². The van der Waals surface area contributed by atoms with E-state index >= 15 is 0 Å². The van der Waals surface area contributed by atoms with Gasteiger partial charge in [-0.2, -0.15) is 0 Å². The van der Waals surface area contributed by atoms with E-state index in [1.165, 1.54) is 0 Å². The summed E-state index contributed by atoms with van der Waals surface area (Å²) < 4.78 is 11.5. The summed E-state index contributed by atoms with van der Waals surface area (Å²) in [6.45, 7) is 6.57. The third-order valence-electron chi connectivity index (χ3n) is 3.91. The summed E-state index contributed by atoms with van der Waals surface area (Å²) in [5, 5.41) is 13.8. The number of rotatable bonds is 8. The first kappa shape index (κ1) is 17.5. The molecule has 1 saturated heterocycles. The van der Waals surface area contributed by atoms with Crippen molar-refractivity contribution in [3.63, 3.8) is 0 Å². The SMILES string of the molecule is CC(C)C(O)CNCc1cc(Cl)ccc1OCC1CCCO1. The van der Waals surface area contributed by atoms with Crippen LogP contribution in [0.4, 0.5) is 0 Å². The maximum atomic E-state index is 9.84. The van der Waals surface area contributed by atoms with Gasteiger partial charge in [-0.1, -0.05) is 25.4 Å². The molecule has 0 bridgehead atoms. The van der Waals surface area contributed by atoms with Gasteiger partial charge in [-0.25, -0.2) is 0 Å². The Kier molecular flexibility index (Phi) is 6.96. The zero-order chi connectivity index (χ0) is 15.9. The number of aliphatic hydroxyl groups is 1. The monoisotopic (exact) mass is 327 g/mol. The minimum absolute atomic E-state index is 0.194. The molecule has 1 aromatic rings. The van der Waals surface area contributed by atoms with Crippen LogP contribution in [0.2, 0.25) is 5.02 Å². The lowest BCUT2D eigenvalue weighted by Crippen LogP contribution is -2.30. The van der Waals surface area contributed by atoms with Crippen LogP contribution < -0.4 is 10.1 Å². The molecule has 0 radical (unpaired) electrons.